The van der Waals surface area contributed by atoms with Gasteiger partial charge in [-0.1, -0.05) is 26.2 Å². The van der Waals surface area contributed by atoms with Gasteiger partial charge in [-0.15, -0.1) is 0 Å². The number of amides is 1. The molecule has 0 bridgehead atoms. The molecule has 0 saturated carbocycles. The van der Waals surface area contributed by atoms with Crippen molar-refractivity contribution < 1.29 is 4.79 Å². The van der Waals surface area contributed by atoms with Crippen LogP contribution in [-0.2, 0) is 4.79 Å². The molecule has 0 aliphatic carbocycles. The molecule has 0 atom stereocenters. The number of nitrogens with zero attached hydrogens (tertiary/aromatic N) is 1. The van der Waals surface area contributed by atoms with Gasteiger partial charge in [0.15, 0.2) is 0 Å². The molecule has 0 N–H and O–H groups in total. The fraction of sp³-hybridized carbons (Fsp3) is 0.909. The van der Waals surface area contributed by atoms with E-state index in [2.05, 4.69) is 20.8 Å². The van der Waals surface area contributed by atoms with E-state index in [0.717, 1.165) is 6.42 Å². The Hall–Kier alpha value is -0.530. The fourth-order valence-electron chi connectivity index (χ4n) is 1.40. The first-order chi connectivity index (χ1) is 5.91. The zero-order valence-corrected chi connectivity index (χ0v) is 9.68. The van der Waals surface area contributed by atoms with Crippen molar-refractivity contribution >= 4 is 5.91 Å². The Labute approximate surface area is 82.3 Å². The first kappa shape index (κ1) is 12.5. The van der Waals surface area contributed by atoms with E-state index in [4.69, 9.17) is 0 Å². The molecular weight excluding hydrogens is 162 g/mol. The Morgan fingerprint density at radius 2 is 1.85 bits per heavy atom. The van der Waals surface area contributed by atoms with Gasteiger partial charge >= 0.3 is 0 Å². The lowest BCUT2D eigenvalue weighted by atomic mass is 9.95. The van der Waals surface area contributed by atoms with Crippen molar-refractivity contribution in [3.63, 3.8) is 0 Å². The van der Waals surface area contributed by atoms with Crippen LogP contribution in [-0.4, -0.2) is 23.4 Å². The van der Waals surface area contributed by atoms with Gasteiger partial charge in [-0.25, -0.2) is 0 Å². The quantitative estimate of drug-likeness (QED) is 0.603. The molecule has 0 unspecified atom stereocenters. The van der Waals surface area contributed by atoms with Crippen LogP contribution in [0.3, 0.4) is 0 Å². The average molecular weight is 185 g/mol. The molecule has 1 amide bonds. The molecule has 0 fully saturated rings. The molecule has 13 heavy (non-hydrogen) atoms. The third-order valence-electron chi connectivity index (χ3n) is 2.77. The summed E-state index contributed by atoms with van der Waals surface area (Å²) in [6.07, 6.45) is 4.80. The van der Waals surface area contributed by atoms with Crippen LogP contribution in [0.25, 0.3) is 0 Å². The highest BCUT2D eigenvalue weighted by molar-refractivity contribution is 5.73. The van der Waals surface area contributed by atoms with E-state index in [9.17, 15) is 4.79 Å². The van der Waals surface area contributed by atoms with Gasteiger partial charge in [-0.2, -0.15) is 0 Å². The van der Waals surface area contributed by atoms with Crippen LogP contribution in [0.5, 0.6) is 0 Å². The van der Waals surface area contributed by atoms with E-state index in [1.165, 1.54) is 19.3 Å². The van der Waals surface area contributed by atoms with E-state index < -0.39 is 0 Å². The van der Waals surface area contributed by atoms with Crippen LogP contribution in [0.2, 0.25) is 0 Å². The minimum atomic E-state index is 0.0149. The largest absolute Gasteiger partial charge is 0.341 e. The molecule has 0 aromatic carbocycles. The number of unbranched alkanes of at least 4 members (excludes halogenated alkanes) is 2. The lowest BCUT2D eigenvalue weighted by Gasteiger charge is -2.35. The average Bonchev–Trinajstić information content (AvgIpc) is 2.03. The van der Waals surface area contributed by atoms with Crippen LogP contribution in [0, 0.1) is 0 Å². The minimum Gasteiger partial charge on any atom is -0.341 e. The van der Waals surface area contributed by atoms with Crippen LogP contribution in [0.1, 0.15) is 53.4 Å². The van der Waals surface area contributed by atoms with Gasteiger partial charge in [-0.3, -0.25) is 4.79 Å². The molecule has 0 spiro atoms. The second-order valence-corrected chi connectivity index (χ2v) is 4.35. The van der Waals surface area contributed by atoms with E-state index >= 15 is 0 Å². The molecular formula is C11H23NO. The maximum Gasteiger partial charge on any atom is 0.219 e. The molecule has 0 heterocycles. The maximum absolute atomic E-state index is 11.1. The molecule has 78 valence electrons. The minimum absolute atomic E-state index is 0.0149. The number of hydrogen-bond donors (Lipinski definition) is 0. The van der Waals surface area contributed by atoms with Crippen LogP contribution < -0.4 is 0 Å². The van der Waals surface area contributed by atoms with Crippen LogP contribution in [0.4, 0.5) is 0 Å². The predicted octanol–water partition coefficient (Wildman–Crippen LogP) is 2.82. The molecule has 2 heteroatoms. The maximum atomic E-state index is 11.1. The Kier molecular flexibility index (Phi) is 5.04. The van der Waals surface area contributed by atoms with Crippen molar-refractivity contribution in [1.29, 1.82) is 0 Å². The second kappa shape index (κ2) is 5.25. The summed E-state index contributed by atoms with van der Waals surface area (Å²) in [6.45, 7) is 8.08. The number of rotatable bonds is 5. The lowest BCUT2D eigenvalue weighted by Crippen LogP contribution is -2.43. The first-order valence-corrected chi connectivity index (χ1v) is 5.16. The molecule has 0 aliphatic heterocycles. The van der Waals surface area contributed by atoms with E-state index in [0.29, 0.717) is 0 Å². The van der Waals surface area contributed by atoms with Crippen LogP contribution in [0.15, 0.2) is 0 Å². The summed E-state index contributed by atoms with van der Waals surface area (Å²) in [7, 11) is 1.88. The first-order valence-electron chi connectivity index (χ1n) is 5.16. The van der Waals surface area contributed by atoms with Crippen molar-refractivity contribution in [2.24, 2.45) is 0 Å². The summed E-state index contributed by atoms with van der Waals surface area (Å²) in [6, 6.07) is 0. The van der Waals surface area contributed by atoms with Crippen molar-refractivity contribution in [1.82, 2.24) is 4.90 Å². The smallest absolute Gasteiger partial charge is 0.219 e. The van der Waals surface area contributed by atoms with E-state index in [1.54, 1.807) is 6.92 Å². The van der Waals surface area contributed by atoms with Gasteiger partial charge in [0, 0.05) is 19.5 Å². The Morgan fingerprint density at radius 3 is 2.23 bits per heavy atom. The standard InChI is InChI=1S/C11H23NO/c1-6-7-8-9-11(3,4)12(5)10(2)13/h6-9H2,1-5H3. The highest BCUT2D eigenvalue weighted by Crippen LogP contribution is 2.20. The third kappa shape index (κ3) is 4.30. The molecule has 0 aromatic heterocycles. The normalized spacial score (nSPS) is 11.5. The fourth-order valence-corrected chi connectivity index (χ4v) is 1.40. The van der Waals surface area contributed by atoms with Gasteiger partial charge in [0.25, 0.3) is 0 Å². The predicted molar refractivity (Wildman–Crippen MR) is 56.7 cm³/mol. The lowest BCUT2D eigenvalue weighted by molar-refractivity contribution is -0.132. The van der Waals surface area contributed by atoms with Crippen molar-refractivity contribution in [2.75, 3.05) is 7.05 Å². The van der Waals surface area contributed by atoms with Gasteiger partial charge < -0.3 is 4.90 Å². The van der Waals surface area contributed by atoms with Crippen LogP contribution >= 0.6 is 0 Å². The summed E-state index contributed by atoms with van der Waals surface area (Å²) in [5, 5.41) is 0. The van der Waals surface area contributed by atoms with Crippen molar-refractivity contribution in [3.05, 3.63) is 0 Å². The summed E-state index contributed by atoms with van der Waals surface area (Å²) in [5.74, 6) is 0.154. The third-order valence-corrected chi connectivity index (χ3v) is 2.77. The number of carbonyl (C=O) groups excluding carboxylic acids is 1. The summed E-state index contributed by atoms with van der Waals surface area (Å²) < 4.78 is 0. The Balaban J connectivity index is 3.98. The zero-order chi connectivity index (χ0) is 10.5. The monoisotopic (exact) mass is 185 g/mol. The summed E-state index contributed by atoms with van der Waals surface area (Å²) in [5.41, 5.74) is 0.0149. The highest BCUT2D eigenvalue weighted by Gasteiger charge is 2.24. The SMILES string of the molecule is CCCCCC(C)(C)N(C)C(C)=O. The Bertz CT molecular complexity index is 163. The van der Waals surface area contributed by atoms with E-state index in [1.807, 2.05) is 11.9 Å². The Morgan fingerprint density at radius 1 is 1.31 bits per heavy atom. The summed E-state index contributed by atoms with van der Waals surface area (Å²) in [4.78, 5) is 13.0. The second-order valence-electron chi connectivity index (χ2n) is 4.35. The zero-order valence-electron chi connectivity index (χ0n) is 9.68. The van der Waals surface area contributed by atoms with Gasteiger partial charge in [0.1, 0.15) is 0 Å². The molecule has 0 rings (SSSR count). The number of carbonyl (C=O) groups is 1. The molecule has 0 radical (unpaired) electrons. The van der Waals surface area contributed by atoms with E-state index in [-0.39, 0.29) is 11.4 Å². The topological polar surface area (TPSA) is 20.3 Å². The van der Waals surface area contributed by atoms with Gasteiger partial charge in [0.2, 0.25) is 5.91 Å². The van der Waals surface area contributed by atoms with Crippen molar-refractivity contribution in [2.45, 2.75) is 58.9 Å². The van der Waals surface area contributed by atoms with Crippen molar-refractivity contribution in [3.8, 4) is 0 Å². The van der Waals surface area contributed by atoms with Gasteiger partial charge in [-0.05, 0) is 20.3 Å². The summed E-state index contributed by atoms with van der Waals surface area (Å²) >= 11 is 0. The number of hydrogen-bond acceptors (Lipinski definition) is 1. The highest BCUT2D eigenvalue weighted by atomic mass is 16.2. The molecule has 0 aromatic rings. The molecule has 0 saturated heterocycles. The van der Waals surface area contributed by atoms with Gasteiger partial charge in [0.05, 0.1) is 0 Å². The molecule has 0 aliphatic rings. The molecule has 2 nitrogen and oxygen atoms in total.